The monoisotopic (exact) mass is 248 g/mol. The zero-order chi connectivity index (χ0) is 11.0. The highest BCUT2D eigenvalue weighted by Gasteiger charge is 2.08. The molecule has 1 aromatic heterocycles. The van der Waals surface area contributed by atoms with Crippen LogP contribution >= 0.6 is 12.4 Å². The lowest BCUT2D eigenvalue weighted by Gasteiger charge is -1.96. The number of benzene rings is 2. The van der Waals surface area contributed by atoms with Crippen molar-refractivity contribution in [3.8, 4) is 11.4 Å². The minimum Gasteiger partial charge on any atom is -0.338 e. The van der Waals surface area contributed by atoms with Crippen LogP contribution in [0, 0.1) is 5.82 Å². The number of hydrogen-bond acceptors (Lipinski definition) is 1. The minimum absolute atomic E-state index is 0. The van der Waals surface area contributed by atoms with E-state index in [1.54, 1.807) is 18.2 Å². The first-order chi connectivity index (χ1) is 7.84. The molecule has 86 valence electrons. The molecule has 0 aliphatic rings. The third-order valence-corrected chi connectivity index (χ3v) is 2.52. The van der Waals surface area contributed by atoms with Crippen molar-refractivity contribution in [2.24, 2.45) is 0 Å². The number of para-hydroxylation sites is 2. The summed E-state index contributed by atoms with van der Waals surface area (Å²) < 4.78 is 13.5. The maximum Gasteiger partial charge on any atom is 0.141 e. The van der Waals surface area contributed by atoms with Crippen molar-refractivity contribution < 1.29 is 4.39 Å². The largest absolute Gasteiger partial charge is 0.338 e. The van der Waals surface area contributed by atoms with E-state index in [-0.39, 0.29) is 18.2 Å². The third-order valence-electron chi connectivity index (χ3n) is 2.52. The second-order valence-corrected chi connectivity index (χ2v) is 3.58. The highest BCUT2D eigenvalue weighted by atomic mass is 35.5. The van der Waals surface area contributed by atoms with Crippen LogP contribution in [0.15, 0.2) is 48.5 Å². The molecular weight excluding hydrogens is 239 g/mol. The molecule has 0 atom stereocenters. The smallest absolute Gasteiger partial charge is 0.141 e. The fraction of sp³-hybridized carbons (Fsp3) is 0. The molecule has 1 N–H and O–H groups in total. The number of fused-ring (bicyclic) bond motifs is 1. The number of hydrogen-bond donors (Lipinski definition) is 1. The van der Waals surface area contributed by atoms with Gasteiger partial charge in [-0.15, -0.1) is 12.4 Å². The molecule has 0 bridgehead atoms. The van der Waals surface area contributed by atoms with E-state index in [2.05, 4.69) is 9.97 Å². The van der Waals surface area contributed by atoms with Gasteiger partial charge in [0.25, 0.3) is 0 Å². The molecule has 0 aliphatic carbocycles. The molecule has 2 nitrogen and oxygen atoms in total. The molecule has 0 fully saturated rings. The van der Waals surface area contributed by atoms with Crippen LogP contribution in [0.5, 0.6) is 0 Å². The lowest BCUT2D eigenvalue weighted by Crippen LogP contribution is -1.84. The van der Waals surface area contributed by atoms with Gasteiger partial charge in [-0.25, -0.2) is 9.37 Å². The first-order valence-electron chi connectivity index (χ1n) is 5.04. The van der Waals surface area contributed by atoms with E-state index in [1.165, 1.54) is 6.07 Å². The maximum absolute atomic E-state index is 13.5. The fourth-order valence-electron chi connectivity index (χ4n) is 1.73. The Morgan fingerprint density at radius 3 is 2.41 bits per heavy atom. The third kappa shape index (κ3) is 2.01. The number of halogens is 2. The normalized spacial score (nSPS) is 10.2. The number of nitrogens with zero attached hydrogens (tertiary/aromatic N) is 1. The summed E-state index contributed by atoms with van der Waals surface area (Å²) in [5, 5.41) is 0. The lowest BCUT2D eigenvalue weighted by atomic mass is 10.2. The van der Waals surface area contributed by atoms with Crippen molar-refractivity contribution in [1.29, 1.82) is 0 Å². The number of H-pyrrole nitrogens is 1. The number of aromatic nitrogens is 2. The van der Waals surface area contributed by atoms with Crippen molar-refractivity contribution in [3.63, 3.8) is 0 Å². The summed E-state index contributed by atoms with van der Waals surface area (Å²) in [6.07, 6.45) is 0. The van der Waals surface area contributed by atoms with Crippen LogP contribution in [0.25, 0.3) is 22.4 Å². The summed E-state index contributed by atoms with van der Waals surface area (Å²) >= 11 is 0. The highest BCUT2D eigenvalue weighted by Crippen LogP contribution is 2.22. The van der Waals surface area contributed by atoms with E-state index >= 15 is 0 Å². The zero-order valence-corrected chi connectivity index (χ0v) is 9.67. The summed E-state index contributed by atoms with van der Waals surface area (Å²) in [6.45, 7) is 0. The molecule has 0 unspecified atom stereocenters. The van der Waals surface area contributed by atoms with Gasteiger partial charge >= 0.3 is 0 Å². The topological polar surface area (TPSA) is 28.7 Å². The van der Waals surface area contributed by atoms with Crippen LogP contribution < -0.4 is 0 Å². The summed E-state index contributed by atoms with van der Waals surface area (Å²) in [7, 11) is 0. The van der Waals surface area contributed by atoms with Gasteiger partial charge in [0.1, 0.15) is 11.6 Å². The molecule has 0 spiro atoms. The predicted molar refractivity (Wildman–Crippen MR) is 68.7 cm³/mol. The Bertz CT molecular complexity index is 615. The highest BCUT2D eigenvalue weighted by molar-refractivity contribution is 5.85. The average Bonchev–Trinajstić information content (AvgIpc) is 2.73. The lowest BCUT2D eigenvalue weighted by molar-refractivity contribution is 0.630. The van der Waals surface area contributed by atoms with E-state index in [4.69, 9.17) is 0 Å². The Labute approximate surface area is 104 Å². The molecular formula is C13H10ClFN2. The van der Waals surface area contributed by atoms with Crippen LogP contribution in [0.2, 0.25) is 0 Å². The molecule has 0 aliphatic heterocycles. The standard InChI is InChI=1S/C13H9FN2.ClH/c14-10-6-2-1-5-9(10)13-15-11-7-3-4-8-12(11)16-13;/h1-8H,(H,15,16);1H. The van der Waals surface area contributed by atoms with Crippen molar-refractivity contribution in [1.82, 2.24) is 9.97 Å². The molecule has 0 amide bonds. The van der Waals surface area contributed by atoms with E-state index in [9.17, 15) is 4.39 Å². The fourth-order valence-corrected chi connectivity index (χ4v) is 1.73. The molecule has 1 heterocycles. The zero-order valence-electron chi connectivity index (χ0n) is 8.85. The molecule has 17 heavy (non-hydrogen) atoms. The first kappa shape index (κ1) is 11.6. The Morgan fingerprint density at radius 2 is 1.65 bits per heavy atom. The Hall–Kier alpha value is -1.87. The van der Waals surface area contributed by atoms with Crippen LogP contribution in [0.4, 0.5) is 4.39 Å². The van der Waals surface area contributed by atoms with Crippen LogP contribution in [0.1, 0.15) is 0 Å². The van der Waals surface area contributed by atoms with Crippen LogP contribution in [-0.4, -0.2) is 9.97 Å². The molecule has 0 radical (unpaired) electrons. The quantitative estimate of drug-likeness (QED) is 0.697. The van der Waals surface area contributed by atoms with Crippen molar-refractivity contribution >= 4 is 23.4 Å². The molecule has 4 heteroatoms. The number of rotatable bonds is 1. The summed E-state index contributed by atoms with van der Waals surface area (Å²) in [6, 6.07) is 14.3. The SMILES string of the molecule is Cl.Fc1ccccc1-c1nc2ccccc2[nH]1. The van der Waals surface area contributed by atoms with Gasteiger partial charge in [-0.3, -0.25) is 0 Å². The number of imidazole rings is 1. The van der Waals surface area contributed by atoms with E-state index in [0.717, 1.165) is 11.0 Å². The Morgan fingerprint density at radius 1 is 0.941 bits per heavy atom. The summed E-state index contributed by atoms with van der Waals surface area (Å²) in [4.78, 5) is 7.45. The van der Waals surface area contributed by atoms with Gasteiger partial charge in [-0.1, -0.05) is 24.3 Å². The van der Waals surface area contributed by atoms with E-state index in [0.29, 0.717) is 11.4 Å². The maximum atomic E-state index is 13.5. The second-order valence-electron chi connectivity index (χ2n) is 3.58. The van der Waals surface area contributed by atoms with Gasteiger partial charge in [-0.05, 0) is 24.3 Å². The minimum atomic E-state index is -0.262. The number of nitrogens with one attached hydrogen (secondary N) is 1. The van der Waals surface area contributed by atoms with Gasteiger partial charge in [0, 0.05) is 0 Å². The molecule has 0 saturated carbocycles. The van der Waals surface area contributed by atoms with Gasteiger partial charge in [0.2, 0.25) is 0 Å². The van der Waals surface area contributed by atoms with Crippen molar-refractivity contribution in [3.05, 3.63) is 54.3 Å². The average molecular weight is 249 g/mol. The van der Waals surface area contributed by atoms with Crippen molar-refractivity contribution in [2.45, 2.75) is 0 Å². The van der Waals surface area contributed by atoms with Gasteiger partial charge < -0.3 is 4.98 Å². The summed E-state index contributed by atoms with van der Waals surface area (Å²) in [5.74, 6) is 0.306. The predicted octanol–water partition coefficient (Wildman–Crippen LogP) is 3.79. The van der Waals surface area contributed by atoms with Crippen LogP contribution in [0.3, 0.4) is 0 Å². The molecule has 3 rings (SSSR count). The Kier molecular flexibility index (Phi) is 3.11. The van der Waals surface area contributed by atoms with Gasteiger partial charge in [-0.2, -0.15) is 0 Å². The first-order valence-corrected chi connectivity index (χ1v) is 5.04. The van der Waals surface area contributed by atoms with Crippen LogP contribution in [-0.2, 0) is 0 Å². The molecule has 2 aromatic carbocycles. The molecule has 0 saturated heterocycles. The number of aromatic amines is 1. The Balaban J connectivity index is 0.00000108. The van der Waals surface area contributed by atoms with E-state index < -0.39 is 0 Å². The van der Waals surface area contributed by atoms with Crippen molar-refractivity contribution in [2.75, 3.05) is 0 Å². The second kappa shape index (κ2) is 4.55. The summed E-state index contributed by atoms with van der Waals surface area (Å²) in [5.41, 5.74) is 2.26. The molecule has 3 aromatic rings. The van der Waals surface area contributed by atoms with Gasteiger partial charge in [0.15, 0.2) is 0 Å². The van der Waals surface area contributed by atoms with Gasteiger partial charge in [0.05, 0.1) is 16.6 Å². The van der Waals surface area contributed by atoms with E-state index in [1.807, 2.05) is 24.3 Å².